The molecule has 4 nitrogen and oxygen atoms in total. The van der Waals surface area contributed by atoms with Crippen molar-refractivity contribution < 1.29 is 9.84 Å². The largest absolute Gasteiger partial charge is 0.394 e. The predicted molar refractivity (Wildman–Crippen MR) is 46.4 cm³/mol. The lowest BCUT2D eigenvalue weighted by molar-refractivity contribution is -0.0346. The third kappa shape index (κ3) is 2.19. The van der Waals surface area contributed by atoms with E-state index in [1.54, 1.807) is 0 Å². The second-order valence-corrected chi connectivity index (χ2v) is 2.92. The Morgan fingerprint density at radius 2 is 2.50 bits per heavy atom. The fourth-order valence-electron chi connectivity index (χ4n) is 1.30. The van der Waals surface area contributed by atoms with Gasteiger partial charge in [-0.2, -0.15) is 0 Å². The average molecular weight is 172 g/mol. The highest BCUT2D eigenvalue weighted by molar-refractivity contribution is 5.78. The van der Waals surface area contributed by atoms with Gasteiger partial charge in [0.15, 0.2) is 0 Å². The summed E-state index contributed by atoms with van der Waals surface area (Å²) in [5, 5.41) is 16.4. The first-order chi connectivity index (χ1) is 5.77. The van der Waals surface area contributed by atoms with Crippen LogP contribution in [0.3, 0.4) is 0 Å². The molecule has 0 bridgehead atoms. The molecule has 0 saturated carbocycles. The van der Waals surface area contributed by atoms with Gasteiger partial charge in [-0.3, -0.25) is 5.41 Å². The third-order valence-electron chi connectivity index (χ3n) is 2.06. The van der Waals surface area contributed by atoms with Crippen molar-refractivity contribution in [2.45, 2.75) is 19.4 Å². The van der Waals surface area contributed by atoms with Crippen molar-refractivity contribution >= 4 is 5.84 Å². The number of aliphatic hydroxyl groups excluding tert-OH is 1. The molecule has 1 rings (SSSR count). The average Bonchev–Trinajstić information content (AvgIpc) is 2.17. The molecule has 2 N–H and O–H groups in total. The number of hydrogen-bond donors (Lipinski definition) is 2. The summed E-state index contributed by atoms with van der Waals surface area (Å²) in [6, 6.07) is 0. The summed E-state index contributed by atoms with van der Waals surface area (Å²) in [6.07, 6.45) is 0.642. The molecule has 1 heterocycles. The second kappa shape index (κ2) is 4.42. The van der Waals surface area contributed by atoms with E-state index in [1.807, 2.05) is 11.8 Å². The van der Waals surface area contributed by atoms with E-state index in [0.717, 1.165) is 13.0 Å². The molecule has 0 aromatic carbocycles. The van der Waals surface area contributed by atoms with Gasteiger partial charge in [-0.1, -0.05) is 6.92 Å². The van der Waals surface area contributed by atoms with Crippen molar-refractivity contribution in [2.24, 2.45) is 0 Å². The lowest BCUT2D eigenvalue weighted by Crippen LogP contribution is -2.46. The van der Waals surface area contributed by atoms with Crippen molar-refractivity contribution in [3.05, 3.63) is 0 Å². The van der Waals surface area contributed by atoms with Crippen molar-refractivity contribution in [1.29, 1.82) is 5.41 Å². The molecule has 0 aliphatic carbocycles. The summed E-state index contributed by atoms with van der Waals surface area (Å²) in [7, 11) is 0. The van der Waals surface area contributed by atoms with Gasteiger partial charge in [0.05, 0.1) is 25.2 Å². The first-order valence-corrected chi connectivity index (χ1v) is 4.32. The van der Waals surface area contributed by atoms with E-state index in [4.69, 9.17) is 15.3 Å². The third-order valence-corrected chi connectivity index (χ3v) is 2.06. The Balaban J connectivity index is 2.40. The van der Waals surface area contributed by atoms with Gasteiger partial charge in [0.25, 0.3) is 0 Å². The molecular weight excluding hydrogens is 156 g/mol. The van der Waals surface area contributed by atoms with Crippen LogP contribution in [0, 0.1) is 5.41 Å². The van der Waals surface area contributed by atoms with Gasteiger partial charge in [-0.05, 0) is 0 Å². The van der Waals surface area contributed by atoms with Crippen molar-refractivity contribution in [2.75, 3.05) is 26.3 Å². The van der Waals surface area contributed by atoms with Gasteiger partial charge >= 0.3 is 0 Å². The van der Waals surface area contributed by atoms with Crippen LogP contribution in [0.5, 0.6) is 0 Å². The molecule has 70 valence electrons. The Morgan fingerprint density at radius 1 is 1.75 bits per heavy atom. The van der Waals surface area contributed by atoms with Gasteiger partial charge < -0.3 is 14.7 Å². The Bertz CT molecular complexity index is 161. The fourth-order valence-corrected chi connectivity index (χ4v) is 1.30. The maximum absolute atomic E-state index is 8.84. The molecule has 1 aliphatic rings. The van der Waals surface area contributed by atoms with Crippen LogP contribution in [0.4, 0.5) is 0 Å². The summed E-state index contributed by atoms with van der Waals surface area (Å²) in [4.78, 5) is 1.96. The fraction of sp³-hybridized carbons (Fsp3) is 0.875. The van der Waals surface area contributed by atoms with E-state index in [1.165, 1.54) is 0 Å². The maximum Gasteiger partial charge on any atom is 0.0981 e. The lowest BCUT2D eigenvalue weighted by atomic mass is 10.2. The number of ether oxygens (including phenoxy) is 1. The van der Waals surface area contributed by atoms with E-state index in [-0.39, 0.29) is 12.7 Å². The zero-order valence-electron chi connectivity index (χ0n) is 7.42. The Morgan fingerprint density at radius 3 is 3.08 bits per heavy atom. The number of aliphatic hydroxyl groups is 1. The summed E-state index contributed by atoms with van der Waals surface area (Å²) in [5.41, 5.74) is 0. The molecular formula is C8H16N2O2. The summed E-state index contributed by atoms with van der Waals surface area (Å²) in [6.45, 7) is 4.07. The smallest absolute Gasteiger partial charge is 0.0981 e. The second-order valence-electron chi connectivity index (χ2n) is 2.92. The topological polar surface area (TPSA) is 56.6 Å². The Kier molecular flexibility index (Phi) is 3.49. The zero-order chi connectivity index (χ0) is 8.97. The van der Waals surface area contributed by atoms with Crippen molar-refractivity contribution in [1.82, 2.24) is 4.90 Å². The Hall–Kier alpha value is -0.610. The monoisotopic (exact) mass is 172 g/mol. The lowest BCUT2D eigenvalue weighted by Gasteiger charge is -2.33. The molecule has 1 atom stereocenters. The highest BCUT2D eigenvalue weighted by Crippen LogP contribution is 2.05. The molecule has 1 aliphatic heterocycles. The van der Waals surface area contributed by atoms with Crippen LogP contribution in [-0.4, -0.2) is 48.2 Å². The van der Waals surface area contributed by atoms with Crippen LogP contribution in [0.1, 0.15) is 13.3 Å². The van der Waals surface area contributed by atoms with E-state index in [2.05, 4.69) is 0 Å². The molecule has 0 amide bonds. The minimum absolute atomic E-state index is 0.0491. The summed E-state index contributed by atoms with van der Waals surface area (Å²) < 4.78 is 5.26. The number of nitrogens with zero attached hydrogens (tertiary/aromatic N) is 1. The van der Waals surface area contributed by atoms with Crippen molar-refractivity contribution in [3.63, 3.8) is 0 Å². The molecule has 0 spiro atoms. The van der Waals surface area contributed by atoms with Crippen LogP contribution in [0.15, 0.2) is 0 Å². The van der Waals surface area contributed by atoms with Crippen LogP contribution >= 0.6 is 0 Å². The van der Waals surface area contributed by atoms with Crippen molar-refractivity contribution in [3.8, 4) is 0 Å². The normalized spacial score (nSPS) is 24.2. The molecule has 0 aromatic heterocycles. The number of morpholine rings is 1. The molecule has 0 aromatic rings. The molecule has 4 heteroatoms. The maximum atomic E-state index is 8.84. The highest BCUT2D eigenvalue weighted by atomic mass is 16.5. The van der Waals surface area contributed by atoms with Gasteiger partial charge in [0.1, 0.15) is 0 Å². The Labute approximate surface area is 72.6 Å². The first kappa shape index (κ1) is 9.48. The minimum Gasteiger partial charge on any atom is -0.394 e. The number of rotatable bonds is 2. The number of amidine groups is 1. The summed E-state index contributed by atoms with van der Waals surface area (Å²) in [5.74, 6) is 0.636. The quantitative estimate of drug-likeness (QED) is 0.457. The van der Waals surface area contributed by atoms with Gasteiger partial charge in [-0.15, -0.1) is 0 Å². The van der Waals surface area contributed by atoms with Crippen LogP contribution in [0.2, 0.25) is 0 Å². The van der Waals surface area contributed by atoms with E-state index in [0.29, 0.717) is 19.0 Å². The molecule has 1 saturated heterocycles. The highest BCUT2D eigenvalue weighted by Gasteiger charge is 2.20. The van der Waals surface area contributed by atoms with Gasteiger partial charge in [0.2, 0.25) is 0 Å². The van der Waals surface area contributed by atoms with Crippen LogP contribution < -0.4 is 0 Å². The zero-order valence-corrected chi connectivity index (χ0v) is 7.42. The summed E-state index contributed by atoms with van der Waals surface area (Å²) >= 11 is 0. The van der Waals surface area contributed by atoms with E-state index >= 15 is 0 Å². The minimum atomic E-state index is -0.106. The molecule has 0 radical (unpaired) electrons. The van der Waals surface area contributed by atoms with Crippen LogP contribution in [0.25, 0.3) is 0 Å². The predicted octanol–water partition coefficient (Wildman–Crippen LogP) is 0.0668. The number of nitrogens with one attached hydrogen (secondary N) is 1. The SMILES string of the molecule is CCC(=N)N1CCOC(CO)C1. The van der Waals surface area contributed by atoms with E-state index < -0.39 is 0 Å². The van der Waals surface area contributed by atoms with Crippen LogP contribution in [-0.2, 0) is 4.74 Å². The van der Waals surface area contributed by atoms with Gasteiger partial charge in [-0.25, -0.2) is 0 Å². The first-order valence-electron chi connectivity index (χ1n) is 4.32. The molecule has 1 fully saturated rings. The molecule has 1 unspecified atom stereocenters. The standard InChI is InChI=1S/C8H16N2O2/c1-2-8(9)10-3-4-12-7(5-10)6-11/h7,9,11H,2-6H2,1H3. The van der Waals surface area contributed by atoms with Gasteiger partial charge in [0, 0.05) is 19.5 Å². The number of hydrogen-bond acceptors (Lipinski definition) is 3. The van der Waals surface area contributed by atoms with E-state index in [9.17, 15) is 0 Å². The molecule has 12 heavy (non-hydrogen) atoms.